The number of aromatic hydroxyl groups is 1. The lowest BCUT2D eigenvalue weighted by Crippen LogP contribution is -2.54. The van der Waals surface area contributed by atoms with Gasteiger partial charge in [0, 0.05) is 55.5 Å². The van der Waals surface area contributed by atoms with Crippen molar-refractivity contribution in [2.24, 2.45) is 0 Å². The Bertz CT molecular complexity index is 1220. The number of rotatable bonds is 4. The Morgan fingerprint density at radius 1 is 1.03 bits per heavy atom. The van der Waals surface area contributed by atoms with E-state index in [9.17, 15) is 14.3 Å². The molecule has 34 heavy (non-hydrogen) atoms. The molecule has 176 valence electrons. The number of carbonyl (C=O) groups is 1. The topological polar surface area (TPSA) is 68.7 Å². The third kappa shape index (κ3) is 4.23. The number of nitrogens with one attached hydrogen (secondary N) is 1. The Balaban J connectivity index is 1.47. The van der Waals surface area contributed by atoms with Crippen molar-refractivity contribution in [2.75, 3.05) is 29.4 Å². The molecule has 0 radical (unpaired) electrons. The monoisotopic (exact) mass is 460 g/mol. The van der Waals surface area contributed by atoms with E-state index in [2.05, 4.69) is 29.0 Å². The molecule has 0 bridgehead atoms. The van der Waals surface area contributed by atoms with Crippen molar-refractivity contribution >= 4 is 17.4 Å². The SMILES string of the molecule is CC1CN(c2cc(-c3cccc(-c4ccc(N5CCCC5=O)c(F)c4)c3O)ccn2)CC(C)N1. The van der Waals surface area contributed by atoms with Crippen molar-refractivity contribution in [1.29, 1.82) is 0 Å². The van der Waals surface area contributed by atoms with Gasteiger partial charge in [-0.05, 0) is 55.7 Å². The highest BCUT2D eigenvalue weighted by Crippen LogP contribution is 2.40. The van der Waals surface area contributed by atoms with E-state index in [1.54, 1.807) is 24.4 Å². The highest BCUT2D eigenvalue weighted by Gasteiger charge is 2.25. The Labute approximate surface area is 199 Å². The smallest absolute Gasteiger partial charge is 0.227 e. The summed E-state index contributed by atoms with van der Waals surface area (Å²) in [6.45, 7) is 6.57. The van der Waals surface area contributed by atoms with Gasteiger partial charge in [-0.15, -0.1) is 0 Å². The minimum absolute atomic E-state index is 0.0572. The quantitative estimate of drug-likeness (QED) is 0.597. The molecule has 2 N–H and O–H groups in total. The van der Waals surface area contributed by atoms with E-state index in [1.807, 2.05) is 24.3 Å². The predicted octanol–water partition coefficient (Wildman–Crippen LogP) is 4.57. The van der Waals surface area contributed by atoms with Gasteiger partial charge in [0.2, 0.25) is 5.91 Å². The lowest BCUT2D eigenvalue weighted by molar-refractivity contribution is -0.117. The van der Waals surface area contributed by atoms with Crippen molar-refractivity contribution in [3.8, 4) is 28.0 Å². The maximum atomic E-state index is 14.9. The standard InChI is InChI=1S/C27H29FN4O2/c1-17-15-31(16-18(2)30-17)25-14-20(10-11-29-25)22-6-3-5-21(27(22)34)19-8-9-24(23(28)13-19)32-12-4-7-26(32)33/h3,5-6,8-11,13-14,17-18,30,34H,4,7,12,15-16H2,1-2H3. The molecule has 3 aromatic rings. The van der Waals surface area contributed by atoms with Gasteiger partial charge in [0.25, 0.3) is 0 Å². The van der Waals surface area contributed by atoms with Crippen LogP contribution in [0.5, 0.6) is 5.75 Å². The first-order chi connectivity index (χ1) is 16.4. The van der Waals surface area contributed by atoms with Gasteiger partial charge in [-0.25, -0.2) is 9.37 Å². The maximum Gasteiger partial charge on any atom is 0.227 e. The number of anilines is 2. The molecule has 7 heteroatoms. The molecule has 6 nitrogen and oxygen atoms in total. The number of hydrogen-bond acceptors (Lipinski definition) is 5. The first kappa shape index (κ1) is 22.3. The molecule has 1 amide bonds. The molecular weight excluding hydrogens is 431 g/mol. The van der Waals surface area contributed by atoms with Crippen LogP contribution in [-0.2, 0) is 4.79 Å². The fourth-order valence-electron chi connectivity index (χ4n) is 5.08. The maximum absolute atomic E-state index is 14.9. The van der Waals surface area contributed by atoms with E-state index < -0.39 is 5.82 Å². The Hall–Kier alpha value is -3.45. The third-order valence-electron chi connectivity index (χ3n) is 6.60. The highest BCUT2D eigenvalue weighted by atomic mass is 19.1. The number of phenols is 1. The van der Waals surface area contributed by atoms with Crippen LogP contribution >= 0.6 is 0 Å². The van der Waals surface area contributed by atoms with E-state index in [4.69, 9.17) is 0 Å². The molecule has 2 aliphatic heterocycles. The molecule has 2 saturated heterocycles. The summed E-state index contributed by atoms with van der Waals surface area (Å²) in [5.41, 5.74) is 2.91. The fourth-order valence-corrected chi connectivity index (χ4v) is 5.08. The predicted molar refractivity (Wildman–Crippen MR) is 133 cm³/mol. The average Bonchev–Trinajstić information content (AvgIpc) is 3.24. The van der Waals surface area contributed by atoms with Crippen LogP contribution < -0.4 is 15.1 Å². The molecule has 2 aliphatic rings. The van der Waals surface area contributed by atoms with Crippen LogP contribution in [0.15, 0.2) is 54.7 Å². The van der Waals surface area contributed by atoms with Crippen molar-refractivity contribution in [1.82, 2.24) is 10.3 Å². The fraction of sp³-hybridized carbons (Fsp3) is 0.333. The summed E-state index contributed by atoms with van der Waals surface area (Å²) in [7, 11) is 0. The second kappa shape index (κ2) is 9.06. The zero-order valence-electron chi connectivity index (χ0n) is 19.5. The van der Waals surface area contributed by atoms with Crippen LogP contribution in [0.3, 0.4) is 0 Å². The van der Waals surface area contributed by atoms with Gasteiger partial charge >= 0.3 is 0 Å². The molecule has 2 atom stereocenters. The van der Waals surface area contributed by atoms with Gasteiger partial charge in [0.1, 0.15) is 17.4 Å². The second-order valence-electron chi connectivity index (χ2n) is 9.29. The molecule has 0 aliphatic carbocycles. The van der Waals surface area contributed by atoms with Crippen molar-refractivity contribution < 1.29 is 14.3 Å². The zero-order chi connectivity index (χ0) is 23.8. The largest absolute Gasteiger partial charge is 0.507 e. The molecule has 0 saturated carbocycles. The molecule has 2 fully saturated rings. The van der Waals surface area contributed by atoms with E-state index in [0.29, 0.717) is 47.4 Å². The van der Waals surface area contributed by atoms with Crippen LogP contribution in [0.4, 0.5) is 15.9 Å². The summed E-state index contributed by atoms with van der Waals surface area (Å²) >= 11 is 0. The zero-order valence-corrected chi connectivity index (χ0v) is 19.5. The molecule has 0 spiro atoms. The van der Waals surface area contributed by atoms with Crippen LogP contribution in [0.2, 0.25) is 0 Å². The molecule has 1 aromatic heterocycles. The number of phenolic OH excluding ortho intramolecular Hbond substituents is 1. The normalized spacial score (nSPS) is 20.7. The first-order valence-corrected chi connectivity index (χ1v) is 11.8. The number of amides is 1. The Morgan fingerprint density at radius 2 is 1.74 bits per heavy atom. The lowest BCUT2D eigenvalue weighted by Gasteiger charge is -2.37. The van der Waals surface area contributed by atoms with Gasteiger partial charge in [-0.1, -0.05) is 24.3 Å². The van der Waals surface area contributed by atoms with Gasteiger partial charge in [-0.3, -0.25) is 4.79 Å². The molecule has 2 aromatic carbocycles. The first-order valence-electron chi connectivity index (χ1n) is 11.8. The van der Waals surface area contributed by atoms with Gasteiger partial charge < -0.3 is 20.2 Å². The second-order valence-corrected chi connectivity index (χ2v) is 9.29. The average molecular weight is 461 g/mol. The van der Waals surface area contributed by atoms with E-state index in [-0.39, 0.29) is 11.7 Å². The number of nitrogens with zero attached hydrogens (tertiary/aromatic N) is 3. The minimum atomic E-state index is -0.467. The number of benzene rings is 2. The Kier molecular flexibility index (Phi) is 5.96. The number of aromatic nitrogens is 1. The molecular formula is C27H29FN4O2. The van der Waals surface area contributed by atoms with Gasteiger partial charge in [0.05, 0.1) is 5.69 Å². The summed E-state index contributed by atoms with van der Waals surface area (Å²) < 4.78 is 14.9. The van der Waals surface area contributed by atoms with Gasteiger partial charge in [-0.2, -0.15) is 0 Å². The summed E-state index contributed by atoms with van der Waals surface area (Å²) in [6.07, 6.45) is 2.95. The van der Waals surface area contributed by atoms with Crippen molar-refractivity contribution in [3.05, 3.63) is 60.5 Å². The minimum Gasteiger partial charge on any atom is -0.507 e. The molecule has 5 rings (SSSR count). The number of para-hydroxylation sites is 1. The number of hydrogen-bond donors (Lipinski definition) is 2. The van der Waals surface area contributed by atoms with Crippen molar-refractivity contribution in [2.45, 2.75) is 38.8 Å². The summed E-state index contributed by atoms with van der Waals surface area (Å²) in [5.74, 6) is 0.434. The summed E-state index contributed by atoms with van der Waals surface area (Å²) in [4.78, 5) is 20.3. The van der Waals surface area contributed by atoms with Crippen LogP contribution in [-0.4, -0.2) is 47.7 Å². The highest BCUT2D eigenvalue weighted by molar-refractivity contribution is 5.96. The van der Waals surface area contributed by atoms with Crippen molar-refractivity contribution in [3.63, 3.8) is 0 Å². The Morgan fingerprint density at radius 3 is 2.38 bits per heavy atom. The third-order valence-corrected chi connectivity index (χ3v) is 6.60. The van der Waals surface area contributed by atoms with E-state index in [0.717, 1.165) is 30.9 Å². The van der Waals surface area contributed by atoms with Crippen LogP contribution in [0.25, 0.3) is 22.3 Å². The molecule has 2 unspecified atom stereocenters. The number of pyridine rings is 1. The number of carbonyl (C=O) groups excluding carboxylic acids is 1. The summed E-state index contributed by atoms with van der Waals surface area (Å²) in [5, 5.41) is 14.7. The van der Waals surface area contributed by atoms with E-state index in [1.165, 1.54) is 11.0 Å². The number of piperazine rings is 1. The van der Waals surface area contributed by atoms with Crippen LogP contribution in [0, 0.1) is 5.82 Å². The molecule has 3 heterocycles. The number of halogens is 1. The lowest BCUT2D eigenvalue weighted by atomic mass is 9.97. The van der Waals surface area contributed by atoms with Crippen LogP contribution in [0.1, 0.15) is 26.7 Å². The van der Waals surface area contributed by atoms with E-state index >= 15 is 0 Å². The summed E-state index contributed by atoms with van der Waals surface area (Å²) in [6, 6.07) is 14.8. The van der Waals surface area contributed by atoms with Gasteiger partial charge in [0.15, 0.2) is 0 Å².